The number of nitrogens with zero attached hydrogens (tertiary/aromatic N) is 2. The highest BCUT2D eigenvalue weighted by molar-refractivity contribution is 7.09. The lowest BCUT2D eigenvalue weighted by molar-refractivity contribution is -0.139. The summed E-state index contributed by atoms with van der Waals surface area (Å²) in [5, 5.41) is 24.5. The van der Waals surface area contributed by atoms with E-state index in [1.165, 1.54) is 4.88 Å². The third-order valence-electron chi connectivity index (χ3n) is 6.76. The maximum absolute atomic E-state index is 13.2. The number of aliphatic carboxylic acids is 1. The van der Waals surface area contributed by atoms with Crippen LogP contribution < -0.4 is 5.32 Å². The molecule has 3 aromatic rings. The molecule has 0 saturated carbocycles. The van der Waals surface area contributed by atoms with Crippen LogP contribution in [0.15, 0.2) is 35.7 Å². The lowest BCUT2D eigenvalue weighted by atomic mass is 9.94. The Morgan fingerprint density at radius 1 is 1.14 bits per heavy atom. The molecule has 0 spiro atoms. The van der Waals surface area contributed by atoms with Gasteiger partial charge in [-0.1, -0.05) is 40.2 Å². The van der Waals surface area contributed by atoms with E-state index >= 15 is 0 Å². The second kappa shape index (κ2) is 12.3. The molecular weight excluding hydrogens is 462 g/mol. The van der Waals surface area contributed by atoms with Gasteiger partial charge >= 0.3 is 5.97 Å². The van der Waals surface area contributed by atoms with Crippen molar-refractivity contribution in [2.24, 2.45) is 5.92 Å². The number of thiophene rings is 1. The second-order valence-electron chi connectivity index (χ2n) is 9.32. The van der Waals surface area contributed by atoms with Crippen LogP contribution in [-0.4, -0.2) is 43.8 Å². The van der Waals surface area contributed by atoms with E-state index in [4.69, 9.17) is 10.1 Å². The van der Waals surface area contributed by atoms with Crippen LogP contribution in [0.5, 0.6) is 0 Å². The molecule has 2 heterocycles. The molecule has 1 amide bonds. The van der Waals surface area contributed by atoms with E-state index in [0.29, 0.717) is 18.0 Å². The first kappa shape index (κ1) is 26.9. The van der Waals surface area contributed by atoms with Crippen LogP contribution in [0.4, 0.5) is 0 Å². The number of imidazole rings is 1. The molecular formula is C27H37N3O4S. The number of aromatic nitrogens is 2. The zero-order valence-electron chi connectivity index (χ0n) is 21.0. The van der Waals surface area contributed by atoms with Gasteiger partial charge in [-0.2, -0.15) is 0 Å². The number of amides is 1. The fourth-order valence-corrected chi connectivity index (χ4v) is 5.23. The molecule has 0 fully saturated rings. The number of aliphatic hydroxyl groups is 1. The molecule has 8 heteroatoms. The Kier molecular flexibility index (Phi) is 9.46. The minimum atomic E-state index is -1.15. The smallest absolute Gasteiger partial charge is 0.306 e. The molecule has 3 rings (SSSR count). The second-order valence-corrected chi connectivity index (χ2v) is 10.4. The number of carboxylic acids is 1. The number of aliphatic hydroxyl groups excluding tert-OH is 1. The Balaban J connectivity index is 1.92. The summed E-state index contributed by atoms with van der Waals surface area (Å²) in [6.07, 6.45) is 2.53. The molecule has 35 heavy (non-hydrogen) atoms. The van der Waals surface area contributed by atoms with E-state index in [1.54, 1.807) is 23.5 Å². The predicted molar refractivity (Wildman–Crippen MR) is 140 cm³/mol. The van der Waals surface area contributed by atoms with Crippen LogP contribution in [0.2, 0.25) is 0 Å². The Morgan fingerprint density at radius 2 is 1.89 bits per heavy atom. The minimum Gasteiger partial charge on any atom is -0.481 e. The number of benzene rings is 1. The topological polar surface area (TPSA) is 104 Å². The van der Waals surface area contributed by atoms with Crippen LogP contribution in [-0.2, 0) is 11.2 Å². The lowest BCUT2D eigenvalue weighted by Crippen LogP contribution is -2.45. The van der Waals surface area contributed by atoms with Gasteiger partial charge in [-0.15, -0.1) is 11.3 Å². The normalized spacial score (nSPS) is 14.2. The van der Waals surface area contributed by atoms with Gasteiger partial charge in [0.25, 0.3) is 5.91 Å². The summed E-state index contributed by atoms with van der Waals surface area (Å²) >= 11 is 1.71. The van der Waals surface area contributed by atoms with Gasteiger partial charge in [0.1, 0.15) is 5.82 Å². The van der Waals surface area contributed by atoms with E-state index in [2.05, 4.69) is 35.2 Å². The fourth-order valence-electron chi connectivity index (χ4n) is 4.53. The molecule has 0 radical (unpaired) electrons. The summed E-state index contributed by atoms with van der Waals surface area (Å²) in [4.78, 5) is 30.5. The molecule has 190 valence electrons. The molecule has 3 atom stereocenters. The van der Waals surface area contributed by atoms with Gasteiger partial charge < -0.3 is 20.1 Å². The number of fused-ring (bicyclic) bond motifs is 1. The van der Waals surface area contributed by atoms with Crippen molar-refractivity contribution in [2.75, 3.05) is 0 Å². The van der Waals surface area contributed by atoms with Crippen molar-refractivity contribution in [1.29, 1.82) is 0 Å². The average Bonchev–Trinajstić information content (AvgIpc) is 3.46. The highest BCUT2D eigenvalue weighted by Crippen LogP contribution is 2.28. The Labute approximate surface area is 211 Å². The zero-order valence-corrected chi connectivity index (χ0v) is 21.8. The van der Waals surface area contributed by atoms with E-state index < -0.39 is 24.5 Å². The molecule has 1 aromatic carbocycles. The van der Waals surface area contributed by atoms with Gasteiger partial charge in [-0.25, -0.2) is 4.98 Å². The van der Waals surface area contributed by atoms with Crippen LogP contribution in [0.25, 0.3) is 11.0 Å². The van der Waals surface area contributed by atoms with Gasteiger partial charge in [-0.3, -0.25) is 9.59 Å². The predicted octanol–water partition coefficient (Wildman–Crippen LogP) is 5.42. The van der Waals surface area contributed by atoms with Crippen LogP contribution >= 0.6 is 11.3 Å². The average molecular weight is 500 g/mol. The third-order valence-corrected chi connectivity index (χ3v) is 7.64. The number of hydrogen-bond acceptors (Lipinski definition) is 5. The van der Waals surface area contributed by atoms with E-state index in [9.17, 15) is 14.7 Å². The quantitative estimate of drug-likeness (QED) is 0.291. The highest BCUT2D eigenvalue weighted by atomic mass is 32.1. The van der Waals surface area contributed by atoms with Gasteiger partial charge in [0.2, 0.25) is 0 Å². The van der Waals surface area contributed by atoms with E-state index in [-0.39, 0.29) is 11.8 Å². The molecule has 1 unspecified atom stereocenters. The van der Waals surface area contributed by atoms with Crippen molar-refractivity contribution in [3.63, 3.8) is 0 Å². The summed E-state index contributed by atoms with van der Waals surface area (Å²) in [5.74, 6) is -0.198. The maximum Gasteiger partial charge on any atom is 0.306 e. The third kappa shape index (κ3) is 6.70. The van der Waals surface area contributed by atoms with Crippen LogP contribution in [0.3, 0.4) is 0 Å². The van der Waals surface area contributed by atoms with Crippen molar-refractivity contribution < 1.29 is 19.8 Å². The Bertz CT molecular complexity index is 1120. The van der Waals surface area contributed by atoms with E-state index in [1.807, 2.05) is 26.0 Å². The standard InChI is InChI=1S/C27H37N3O4S/c1-5-17(4)13-22(24(31)16-26(32)33)29-27(34)18-10-11-23-21(14-18)28-25(15-20-9-8-12-35-20)30(23)19(6-2)7-3/h8-12,14,17,19,22,24,31H,5-7,13,15-16H2,1-4H3,(H,29,34)(H,32,33)/t17?,22-,24+/m0/s1. The van der Waals surface area contributed by atoms with Gasteiger partial charge in [0.05, 0.1) is 29.6 Å². The summed E-state index contributed by atoms with van der Waals surface area (Å²) in [6.45, 7) is 8.41. The summed E-state index contributed by atoms with van der Waals surface area (Å²) in [6, 6.07) is 9.37. The Hall–Kier alpha value is -2.71. The molecule has 0 aliphatic rings. The SMILES string of the molecule is CCC(C)C[C@H](NC(=O)c1ccc2c(c1)nc(Cc1cccs1)n2C(CC)CC)[C@H](O)CC(=O)O. The highest BCUT2D eigenvalue weighted by Gasteiger charge is 2.26. The molecule has 0 bridgehead atoms. The minimum absolute atomic E-state index is 0.238. The fraction of sp³-hybridized carbons (Fsp3) is 0.519. The van der Waals surface area contributed by atoms with E-state index in [0.717, 1.165) is 42.5 Å². The molecule has 2 aromatic heterocycles. The molecule has 0 saturated heterocycles. The first-order valence-corrected chi connectivity index (χ1v) is 13.4. The zero-order chi connectivity index (χ0) is 25.5. The number of rotatable bonds is 13. The largest absolute Gasteiger partial charge is 0.481 e. The summed E-state index contributed by atoms with van der Waals surface area (Å²) < 4.78 is 2.30. The van der Waals surface area contributed by atoms with Crippen molar-refractivity contribution >= 4 is 34.2 Å². The van der Waals surface area contributed by atoms with Crippen LogP contribution in [0, 0.1) is 5.92 Å². The van der Waals surface area contributed by atoms with Crippen molar-refractivity contribution in [3.05, 3.63) is 52.0 Å². The molecule has 0 aliphatic carbocycles. The van der Waals surface area contributed by atoms with Gasteiger partial charge in [-0.05, 0) is 54.8 Å². The maximum atomic E-state index is 13.2. The van der Waals surface area contributed by atoms with Crippen molar-refractivity contribution in [2.45, 2.75) is 84.4 Å². The number of carboxylic acid groups (broad SMARTS) is 1. The monoisotopic (exact) mass is 499 g/mol. The summed E-state index contributed by atoms with van der Waals surface area (Å²) in [7, 11) is 0. The van der Waals surface area contributed by atoms with Crippen LogP contribution in [0.1, 0.15) is 86.9 Å². The number of hydrogen-bond donors (Lipinski definition) is 3. The van der Waals surface area contributed by atoms with Crippen molar-refractivity contribution in [3.8, 4) is 0 Å². The molecule has 7 nitrogen and oxygen atoms in total. The lowest BCUT2D eigenvalue weighted by Gasteiger charge is -2.25. The first-order valence-electron chi connectivity index (χ1n) is 12.5. The first-order chi connectivity index (χ1) is 16.8. The molecule has 0 aliphatic heterocycles. The molecule has 3 N–H and O–H groups in total. The number of nitrogens with one attached hydrogen (secondary N) is 1. The Morgan fingerprint density at radius 3 is 2.49 bits per heavy atom. The number of carbonyl (C=O) groups is 2. The summed E-state index contributed by atoms with van der Waals surface area (Å²) in [5.41, 5.74) is 2.22. The van der Waals surface area contributed by atoms with Crippen molar-refractivity contribution in [1.82, 2.24) is 14.9 Å². The van der Waals surface area contributed by atoms with Gasteiger partial charge in [0.15, 0.2) is 0 Å². The van der Waals surface area contributed by atoms with Gasteiger partial charge in [0, 0.05) is 22.9 Å². The number of carbonyl (C=O) groups excluding carboxylic acids is 1.